The molecular formula is C12H12N2S. The van der Waals surface area contributed by atoms with E-state index in [1.807, 2.05) is 24.3 Å². The Morgan fingerprint density at radius 3 is 3.00 bits per heavy atom. The second kappa shape index (κ2) is 4.94. The highest BCUT2D eigenvalue weighted by Gasteiger charge is 2.02. The Balaban J connectivity index is 2.30. The first-order chi connectivity index (χ1) is 7.42. The van der Waals surface area contributed by atoms with E-state index in [-0.39, 0.29) is 0 Å². The van der Waals surface area contributed by atoms with E-state index in [9.17, 15) is 0 Å². The molecule has 0 amide bonds. The highest BCUT2D eigenvalue weighted by molar-refractivity contribution is 7.99. The maximum Gasteiger partial charge on any atom is 0.117 e. The highest BCUT2D eigenvalue weighted by Crippen LogP contribution is 2.24. The molecule has 2 aromatic rings. The van der Waals surface area contributed by atoms with Crippen LogP contribution < -0.4 is 0 Å². The Morgan fingerprint density at radius 2 is 2.13 bits per heavy atom. The van der Waals surface area contributed by atoms with Crippen LogP contribution in [0.2, 0.25) is 0 Å². The second-order valence-corrected chi connectivity index (χ2v) is 4.21. The zero-order chi connectivity index (χ0) is 10.5. The van der Waals surface area contributed by atoms with Crippen LogP contribution in [0.5, 0.6) is 0 Å². The van der Waals surface area contributed by atoms with Gasteiger partial charge in [0.2, 0.25) is 0 Å². The molecule has 2 rings (SSSR count). The Labute approximate surface area is 93.4 Å². The first-order valence-electron chi connectivity index (χ1n) is 4.85. The van der Waals surface area contributed by atoms with Crippen molar-refractivity contribution in [1.82, 2.24) is 9.97 Å². The molecule has 0 saturated heterocycles. The molecular weight excluding hydrogens is 204 g/mol. The number of aromatic nitrogens is 2. The van der Waals surface area contributed by atoms with Crippen LogP contribution in [0.1, 0.15) is 6.42 Å². The largest absolute Gasteiger partial charge is 0.236 e. The van der Waals surface area contributed by atoms with E-state index in [0.29, 0.717) is 0 Å². The summed E-state index contributed by atoms with van der Waals surface area (Å²) >= 11 is 1.75. The minimum atomic E-state index is 1.00. The highest BCUT2D eigenvalue weighted by atomic mass is 32.2. The van der Waals surface area contributed by atoms with E-state index < -0.39 is 0 Å². The standard InChI is InChI=1S/C12H12N2S/c1-2-3-8-15-12-10-6-4-5-7-11(10)13-9-14-12/h2,4-7,9H,1,3,8H2. The molecule has 0 aliphatic rings. The van der Waals surface area contributed by atoms with Gasteiger partial charge in [0.25, 0.3) is 0 Å². The summed E-state index contributed by atoms with van der Waals surface area (Å²) in [7, 11) is 0. The third-order valence-electron chi connectivity index (χ3n) is 2.07. The molecule has 0 bridgehead atoms. The van der Waals surface area contributed by atoms with Crippen LogP contribution in [0.15, 0.2) is 48.3 Å². The molecule has 1 heterocycles. The van der Waals surface area contributed by atoms with Gasteiger partial charge in [0.15, 0.2) is 0 Å². The monoisotopic (exact) mass is 216 g/mol. The predicted octanol–water partition coefficient (Wildman–Crippen LogP) is 3.30. The molecule has 0 fully saturated rings. The van der Waals surface area contributed by atoms with E-state index >= 15 is 0 Å². The van der Waals surface area contributed by atoms with Crippen LogP contribution in [-0.4, -0.2) is 15.7 Å². The Bertz CT molecular complexity index is 463. The van der Waals surface area contributed by atoms with Gasteiger partial charge >= 0.3 is 0 Å². The first kappa shape index (κ1) is 10.2. The van der Waals surface area contributed by atoms with Gasteiger partial charge in [-0.25, -0.2) is 9.97 Å². The molecule has 3 heteroatoms. The van der Waals surface area contributed by atoms with E-state index in [0.717, 1.165) is 28.1 Å². The fraction of sp³-hybridized carbons (Fsp3) is 0.167. The van der Waals surface area contributed by atoms with Gasteiger partial charge in [-0.05, 0) is 12.5 Å². The normalized spacial score (nSPS) is 10.4. The summed E-state index contributed by atoms with van der Waals surface area (Å²) < 4.78 is 0. The van der Waals surface area contributed by atoms with Gasteiger partial charge in [0, 0.05) is 11.1 Å². The van der Waals surface area contributed by atoms with Crippen LogP contribution >= 0.6 is 11.8 Å². The smallest absolute Gasteiger partial charge is 0.117 e. The third-order valence-corrected chi connectivity index (χ3v) is 3.11. The van der Waals surface area contributed by atoms with Crippen molar-refractivity contribution in [3.8, 4) is 0 Å². The lowest BCUT2D eigenvalue weighted by Gasteiger charge is -2.02. The molecule has 0 radical (unpaired) electrons. The van der Waals surface area contributed by atoms with Gasteiger partial charge in [0.1, 0.15) is 11.4 Å². The van der Waals surface area contributed by atoms with Gasteiger partial charge in [-0.1, -0.05) is 24.3 Å². The van der Waals surface area contributed by atoms with E-state index in [2.05, 4.69) is 22.6 Å². The first-order valence-corrected chi connectivity index (χ1v) is 5.84. The average molecular weight is 216 g/mol. The van der Waals surface area contributed by atoms with Crippen molar-refractivity contribution >= 4 is 22.7 Å². The van der Waals surface area contributed by atoms with Crippen molar-refractivity contribution in [1.29, 1.82) is 0 Å². The number of fused-ring (bicyclic) bond motifs is 1. The van der Waals surface area contributed by atoms with Gasteiger partial charge in [0.05, 0.1) is 5.52 Å². The number of rotatable bonds is 4. The summed E-state index contributed by atoms with van der Waals surface area (Å²) in [5.74, 6) is 1.02. The molecule has 15 heavy (non-hydrogen) atoms. The lowest BCUT2D eigenvalue weighted by molar-refractivity contribution is 1.10. The lowest BCUT2D eigenvalue weighted by Crippen LogP contribution is -1.87. The van der Waals surface area contributed by atoms with Gasteiger partial charge in [-0.15, -0.1) is 18.3 Å². The Morgan fingerprint density at radius 1 is 1.27 bits per heavy atom. The number of nitrogens with zero attached hydrogens (tertiary/aromatic N) is 2. The van der Waals surface area contributed by atoms with Crippen LogP contribution in [0.3, 0.4) is 0 Å². The summed E-state index contributed by atoms with van der Waals surface area (Å²) in [5.41, 5.74) is 1.01. The number of allylic oxidation sites excluding steroid dienone is 1. The molecule has 0 spiro atoms. The van der Waals surface area contributed by atoms with Crippen LogP contribution in [0, 0.1) is 0 Å². The molecule has 76 valence electrons. The number of para-hydroxylation sites is 1. The second-order valence-electron chi connectivity index (χ2n) is 3.12. The van der Waals surface area contributed by atoms with Crippen molar-refractivity contribution in [2.24, 2.45) is 0 Å². The van der Waals surface area contributed by atoms with E-state index in [1.165, 1.54) is 0 Å². The summed E-state index contributed by atoms with van der Waals surface area (Å²) in [6.07, 6.45) is 4.55. The number of thioether (sulfide) groups is 1. The molecule has 2 nitrogen and oxygen atoms in total. The fourth-order valence-corrected chi connectivity index (χ4v) is 2.26. The Hall–Kier alpha value is -1.35. The van der Waals surface area contributed by atoms with E-state index in [4.69, 9.17) is 0 Å². The number of hydrogen-bond donors (Lipinski definition) is 0. The maximum atomic E-state index is 4.30. The predicted molar refractivity (Wildman–Crippen MR) is 65.1 cm³/mol. The number of hydrogen-bond acceptors (Lipinski definition) is 3. The molecule has 0 aliphatic heterocycles. The molecule has 0 saturated carbocycles. The van der Waals surface area contributed by atoms with Gasteiger partial charge in [-0.2, -0.15) is 0 Å². The minimum absolute atomic E-state index is 1.00. The minimum Gasteiger partial charge on any atom is -0.236 e. The van der Waals surface area contributed by atoms with Crippen LogP contribution in [-0.2, 0) is 0 Å². The zero-order valence-electron chi connectivity index (χ0n) is 8.39. The quantitative estimate of drug-likeness (QED) is 0.339. The van der Waals surface area contributed by atoms with Crippen LogP contribution in [0.25, 0.3) is 10.9 Å². The number of benzene rings is 1. The van der Waals surface area contributed by atoms with Crippen molar-refractivity contribution in [3.05, 3.63) is 43.2 Å². The SMILES string of the molecule is C=CCCSc1ncnc2ccccc12. The van der Waals surface area contributed by atoms with Gasteiger partial charge < -0.3 is 0 Å². The summed E-state index contributed by atoms with van der Waals surface area (Å²) in [4.78, 5) is 8.52. The molecule has 0 aliphatic carbocycles. The summed E-state index contributed by atoms with van der Waals surface area (Å²) in [6, 6.07) is 8.08. The topological polar surface area (TPSA) is 25.8 Å². The molecule has 1 aromatic heterocycles. The average Bonchev–Trinajstić information content (AvgIpc) is 2.30. The summed E-state index contributed by atoms with van der Waals surface area (Å²) in [5, 5.41) is 2.19. The van der Waals surface area contributed by atoms with E-state index in [1.54, 1.807) is 18.1 Å². The third kappa shape index (κ3) is 2.36. The Kier molecular flexibility index (Phi) is 3.35. The lowest BCUT2D eigenvalue weighted by atomic mass is 10.2. The molecule has 0 atom stereocenters. The fourth-order valence-electron chi connectivity index (χ4n) is 1.33. The van der Waals surface area contributed by atoms with Crippen molar-refractivity contribution in [2.45, 2.75) is 11.4 Å². The summed E-state index contributed by atoms with van der Waals surface area (Å²) in [6.45, 7) is 3.71. The van der Waals surface area contributed by atoms with Crippen molar-refractivity contribution < 1.29 is 0 Å². The van der Waals surface area contributed by atoms with Crippen molar-refractivity contribution in [3.63, 3.8) is 0 Å². The molecule has 1 aromatic carbocycles. The van der Waals surface area contributed by atoms with Gasteiger partial charge in [-0.3, -0.25) is 0 Å². The van der Waals surface area contributed by atoms with Crippen molar-refractivity contribution in [2.75, 3.05) is 5.75 Å². The molecule has 0 N–H and O–H groups in total. The molecule has 0 unspecified atom stereocenters. The van der Waals surface area contributed by atoms with Crippen LogP contribution in [0.4, 0.5) is 0 Å². The zero-order valence-corrected chi connectivity index (χ0v) is 9.20. The maximum absolute atomic E-state index is 4.30.